The second kappa shape index (κ2) is 8.23. The molecule has 0 radical (unpaired) electrons. The van der Waals surface area contributed by atoms with E-state index in [9.17, 15) is 19.2 Å². The molecular formula is C23H16N2O7. The summed E-state index contributed by atoms with van der Waals surface area (Å²) in [5.74, 6) is -1.50. The number of carbonyl (C=O) groups is 4. The van der Waals surface area contributed by atoms with E-state index in [-0.39, 0.29) is 22.6 Å². The van der Waals surface area contributed by atoms with Crippen LogP contribution in [0.2, 0.25) is 0 Å². The van der Waals surface area contributed by atoms with Crippen molar-refractivity contribution in [3.8, 4) is 17.1 Å². The zero-order valence-electron chi connectivity index (χ0n) is 16.7. The normalized spacial score (nSPS) is 15.1. The van der Waals surface area contributed by atoms with Crippen molar-refractivity contribution in [3.63, 3.8) is 0 Å². The van der Waals surface area contributed by atoms with Crippen molar-refractivity contribution in [2.75, 3.05) is 12.0 Å². The van der Waals surface area contributed by atoms with Crippen LogP contribution in [0.1, 0.15) is 16.1 Å². The fraction of sp³-hybridized carbons (Fsp3) is 0.0435. The van der Waals surface area contributed by atoms with Gasteiger partial charge >= 0.3 is 12.0 Å². The van der Waals surface area contributed by atoms with Crippen molar-refractivity contribution in [2.45, 2.75) is 0 Å². The number of furan rings is 1. The van der Waals surface area contributed by atoms with Gasteiger partial charge in [-0.2, -0.15) is 0 Å². The number of carboxylic acids is 1. The Morgan fingerprint density at radius 1 is 1.00 bits per heavy atom. The molecule has 0 spiro atoms. The van der Waals surface area contributed by atoms with Gasteiger partial charge in [-0.3, -0.25) is 14.9 Å². The molecule has 0 aliphatic carbocycles. The second-order valence-electron chi connectivity index (χ2n) is 6.74. The van der Waals surface area contributed by atoms with Gasteiger partial charge in [-0.25, -0.2) is 14.5 Å². The average Bonchev–Trinajstić information content (AvgIpc) is 3.26. The molecular weight excluding hydrogens is 416 g/mol. The molecule has 1 aliphatic heterocycles. The number of carbonyl (C=O) groups excluding carboxylic acids is 3. The molecule has 1 saturated heterocycles. The largest absolute Gasteiger partial charge is 0.497 e. The van der Waals surface area contributed by atoms with Gasteiger partial charge in [-0.1, -0.05) is 12.1 Å². The lowest BCUT2D eigenvalue weighted by molar-refractivity contribution is -0.122. The van der Waals surface area contributed by atoms with Gasteiger partial charge < -0.3 is 14.3 Å². The number of methoxy groups -OCH3 is 1. The number of nitrogens with zero attached hydrogens (tertiary/aromatic N) is 1. The first-order valence-electron chi connectivity index (χ1n) is 9.36. The number of nitrogens with one attached hydrogen (secondary N) is 1. The van der Waals surface area contributed by atoms with Gasteiger partial charge in [-0.05, 0) is 54.6 Å². The molecule has 2 heterocycles. The summed E-state index contributed by atoms with van der Waals surface area (Å²) in [4.78, 5) is 49.4. The lowest BCUT2D eigenvalue weighted by atomic mass is 10.1. The van der Waals surface area contributed by atoms with Crippen molar-refractivity contribution in [2.24, 2.45) is 0 Å². The number of rotatable bonds is 5. The summed E-state index contributed by atoms with van der Waals surface area (Å²) in [6, 6.07) is 14.6. The Labute approximate surface area is 181 Å². The third kappa shape index (κ3) is 3.86. The fourth-order valence-electron chi connectivity index (χ4n) is 3.13. The quantitative estimate of drug-likeness (QED) is 0.468. The molecule has 160 valence electrons. The highest BCUT2D eigenvalue weighted by atomic mass is 16.5. The number of imide groups is 2. The zero-order chi connectivity index (χ0) is 22.8. The Morgan fingerprint density at radius 2 is 1.69 bits per heavy atom. The van der Waals surface area contributed by atoms with Crippen molar-refractivity contribution >= 4 is 35.6 Å². The monoisotopic (exact) mass is 432 g/mol. The molecule has 3 aromatic rings. The maximum atomic E-state index is 12.9. The van der Waals surface area contributed by atoms with Crippen molar-refractivity contribution < 1.29 is 33.4 Å². The number of anilines is 1. The van der Waals surface area contributed by atoms with Crippen LogP contribution in [0.15, 0.2) is 70.7 Å². The molecule has 4 amide bonds. The predicted molar refractivity (Wildman–Crippen MR) is 113 cm³/mol. The van der Waals surface area contributed by atoms with Crippen LogP contribution < -0.4 is 15.0 Å². The second-order valence-corrected chi connectivity index (χ2v) is 6.74. The predicted octanol–water partition coefficient (Wildman–Crippen LogP) is 3.32. The molecule has 9 nitrogen and oxygen atoms in total. The molecule has 0 unspecified atom stereocenters. The molecule has 32 heavy (non-hydrogen) atoms. The minimum Gasteiger partial charge on any atom is -0.497 e. The summed E-state index contributed by atoms with van der Waals surface area (Å²) in [7, 11) is 1.49. The van der Waals surface area contributed by atoms with E-state index in [2.05, 4.69) is 5.32 Å². The third-order valence-electron chi connectivity index (χ3n) is 4.76. The molecule has 2 N–H and O–H groups in total. The van der Waals surface area contributed by atoms with Gasteiger partial charge in [0.1, 0.15) is 22.8 Å². The summed E-state index contributed by atoms with van der Waals surface area (Å²) in [5, 5.41) is 11.1. The van der Waals surface area contributed by atoms with Crippen LogP contribution in [0, 0.1) is 0 Å². The maximum Gasteiger partial charge on any atom is 0.335 e. The minimum absolute atomic E-state index is 0.135. The Bertz CT molecular complexity index is 1250. The maximum absolute atomic E-state index is 12.9. The molecule has 1 fully saturated rings. The van der Waals surface area contributed by atoms with Crippen LogP contribution in [-0.4, -0.2) is 36.0 Å². The Balaban J connectivity index is 1.62. The van der Waals surface area contributed by atoms with E-state index in [0.29, 0.717) is 17.1 Å². The molecule has 2 aromatic carbocycles. The van der Waals surface area contributed by atoms with Crippen molar-refractivity contribution in [1.82, 2.24) is 5.32 Å². The SMILES string of the molecule is COc1ccc(N2C(=O)NC(=O)C(=Cc3ccc(-c4ccc(C(=O)O)cc4)o3)C2=O)cc1. The van der Waals surface area contributed by atoms with E-state index in [4.69, 9.17) is 14.3 Å². The fourth-order valence-corrected chi connectivity index (χ4v) is 3.13. The van der Waals surface area contributed by atoms with E-state index in [1.807, 2.05) is 0 Å². The van der Waals surface area contributed by atoms with Crippen molar-refractivity contribution in [1.29, 1.82) is 0 Å². The molecule has 9 heteroatoms. The van der Waals surface area contributed by atoms with Gasteiger partial charge in [0.05, 0.1) is 18.4 Å². The first-order chi connectivity index (χ1) is 15.4. The molecule has 1 aromatic heterocycles. The summed E-state index contributed by atoms with van der Waals surface area (Å²) in [6.07, 6.45) is 1.25. The number of amides is 4. The van der Waals surface area contributed by atoms with E-state index in [1.54, 1.807) is 36.4 Å². The molecule has 0 saturated carbocycles. The van der Waals surface area contributed by atoms with Gasteiger partial charge in [0, 0.05) is 5.56 Å². The van der Waals surface area contributed by atoms with Crippen molar-refractivity contribution in [3.05, 3.63) is 77.6 Å². The number of hydrogen-bond donors (Lipinski definition) is 2. The number of urea groups is 1. The molecule has 0 bridgehead atoms. The number of benzene rings is 2. The lowest BCUT2D eigenvalue weighted by Gasteiger charge is -2.26. The Hall–Kier alpha value is -4.66. The summed E-state index contributed by atoms with van der Waals surface area (Å²) >= 11 is 0. The van der Waals surface area contributed by atoms with Gasteiger partial charge in [0.25, 0.3) is 11.8 Å². The highest BCUT2D eigenvalue weighted by Gasteiger charge is 2.37. The van der Waals surface area contributed by atoms with Crippen LogP contribution >= 0.6 is 0 Å². The molecule has 0 atom stereocenters. The number of aromatic carboxylic acids is 1. The molecule has 4 rings (SSSR count). The lowest BCUT2D eigenvalue weighted by Crippen LogP contribution is -2.54. The van der Waals surface area contributed by atoms with E-state index in [0.717, 1.165) is 4.90 Å². The smallest absolute Gasteiger partial charge is 0.335 e. The Morgan fingerprint density at radius 3 is 2.31 bits per heavy atom. The minimum atomic E-state index is -1.04. The highest BCUT2D eigenvalue weighted by Crippen LogP contribution is 2.27. The third-order valence-corrected chi connectivity index (χ3v) is 4.76. The number of hydrogen-bond acceptors (Lipinski definition) is 6. The summed E-state index contributed by atoms with van der Waals surface area (Å²) in [5.41, 5.74) is 0.748. The van der Waals surface area contributed by atoms with E-state index in [1.165, 1.54) is 37.5 Å². The molecule has 1 aliphatic rings. The average molecular weight is 432 g/mol. The van der Waals surface area contributed by atoms with Gasteiger partial charge in [-0.15, -0.1) is 0 Å². The summed E-state index contributed by atoms with van der Waals surface area (Å²) in [6.45, 7) is 0. The van der Waals surface area contributed by atoms with Crippen LogP contribution in [0.25, 0.3) is 17.4 Å². The number of barbiturate groups is 1. The number of carboxylic acid groups (broad SMARTS) is 1. The van der Waals surface area contributed by atoms with E-state index >= 15 is 0 Å². The topological polar surface area (TPSA) is 126 Å². The van der Waals surface area contributed by atoms with Crippen LogP contribution in [0.5, 0.6) is 5.75 Å². The number of ether oxygens (including phenoxy) is 1. The zero-order valence-corrected chi connectivity index (χ0v) is 16.7. The Kier molecular flexibility index (Phi) is 5.30. The van der Waals surface area contributed by atoms with E-state index < -0.39 is 23.8 Å². The van der Waals surface area contributed by atoms with Gasteiger partial charge in [0.15, 0.2) is 0 Å². The van der Waals surface area contributed by atoms with Crippen LogP contribution in [0.4, 0.5) is 10.5 Å². The van der Waals surface area contributed by atoms with Gasteiger partial charge in [0.2, 0.25) is 0 Å². The standard InChI is InChI=1S/C23H16N2O7/c1-31-16-8-6-15(7-9-16)25-21(27)18(20(26)24-23(25)30)12-17-10-11-19(32-17)13-2-4-14(5-3-13)22(28)29/h2-12H,1H3,(H,28,29)(H,24,26,30). The first-order valence-corrected chi connectivity index (χ1v) is 9.36. The highest BCUT2D eigenvalue weighted by molar-refractivity contribution is 6.39. The van der Waals surface area contributed by atoms with Crippen LogP contribution in [-0.2, 0) is 9.59 Å². The first kappa shape index (κ1) is 20.6. The summed E-state index contributed by atoms with van der Waals surface area (Å²) < 4.78 is 10.8. The van der Waals surface area contributed by atoms with Crippen LogP contribution in [0.3, 0.4) is 0 Å².